The molecule has 19 heavy (non-hydrogen) atoms. The summed E-state index contributed by atoms with van der Waals surface area (Å²) >= 11 is 0. The fraction of sp³-hybridized carbons (Fsp3) is 0.857. The molecule has 0 aliphatic carbocycles. The minimum absolute atomic E-state index is 0.256. The SMILES string of the molecule is CCCCCCCCCCCCOC(=O)N=C(N)N. The van der Waals surface area contributed by atoms with E-state index in [-0.39, 0.29) is 5.96 Å². The summed E-state index contributed by atoms with van der Waals surface area (Å²) in [7, 11) is 0. The van der Waals surface area contributed by atoms with Crippen molar-refractivity contribution in [1.29, 1.82) is 0 Å². The molecule has 0 fully saturated rings. The standard InChI is InChI=1S/C14H29N3O2/c1-2-3-4-5-6-7-8-9-10-11-12-19-14(18)17-13(15)16/h2-12H2,1H3,(H4,15,16,17,18). The highest BCUT2D eigenvalue weighted by Crippen LogP contribution is 2.10. The Balaban J connectivity index is 3.15. The van der Waals surface area contributed by atoms with Crippen LogP contribution in [-0.2, 0) is 4.74 Å². The maximum absolute atomic E-state index is 10.9. The van der Waals surface area contributed by atoms with Gasteiger partial charge < -0.3 is 16.2 Å². The third-order valence-electron chi connectivity index (χ3n) is 2.94. The number of hydrogen-bond acceptors (Lipinski definition) is 2. The van der Waals surface area contributed by atoms with Crippen LogP contribution in [0.15, 0.2) is 4.99 Å². The van der Waals surface area contributed by atoms with Crippen molar-refractivity contribution in [2.24, 2.45) is 16.5 Å². The zero-order chi connectivity index (χ0) is 14.3. The van der Waals surface area contributed by atoms with Crippen LogP contribution in [0.3, 0.4) is 0 Å². The van der Waals surface area contributed by atoms with Gasteiger partial charge in [0, 0.05) is 0 Å². The van der Waals surface area contributed by atoms with E-state index in [1.807, 2.05) is 0 Å². The van der Waals surface area contributed by atoms with Gasteiger partial charge in [-0.05, 0) is 6.42 Å². The molecule has 5 heteroatoms. The first-order chi connectivity index (χ1) is 9.16. The quantitative estimate of drug-likeness (QED) is 0.342. The highest BCUT2D eigenvalue weighted by atomic mass is 16.5. The smallest absolute Gasteiger partial charge is 0.436 e. The fourth-order valence-electron chi connectivity index (χ4n) is 1.89. The molecule has 5 nitrogen and oxygen atoms in total. The maximum atomic E-state index is 10.9. The third kappa shape index (κ3) is 14.7. The Kier molecular flexibility index (Phi) is 12.3. The highest BCUT2D eigenvalue weighted by Gasteiger charge is 1.99. The number of amides is 1. The average Bonchev–Trinajstić information content (AvgIpc) is 2.35. The predicted octanol–water partition coefficient (Wildman–Crippen LogP) is 3.32. The summed E-state index contributed by atoms with van der Waals surface area (Å²) in [6, 6.07) is 0. The van der Waals surface area contributed by atoms with Crippen molar-refractivity contribution in [3.63, 3.8) is 0 Å². The largest absolute Gasteiger partial charge is 0.448 e. The molecule has 0 aromatic rings. The molecule has 0 atom stereocenters. The second-order valence-electron chi connectivity index (χ2n) is 4.83. The van der Waals surface area contributed by atoms with Crippen LogP contribution < -0.4 is 11.5 Å². The Morgan fingerprint density at radius 1 is 0.895 bits per heavy atom. The van der Waals surface area contributed by atoms with Gasteiger partial charge in [0.2, 0.25) is 0 Å². The van der Waals surface area contributed by atoms with Crippen molar-refractivity contribution in [3.05, 3.63) is 0 Å². The number of nitrogens with two attached hydrogens (primary N) is 2. The monoisotopic (exact) mass is 271 g/mol. The van der Waals surface area contributed by atoms with Gasteiger partial charge in [0.15, 0.2) is 5.96 Å². The molecule has 0 saturated heterocycles. The van der Waals surface area contributed by atoms with Crippen LogP contribution in [0.2, 0.25) is 0 Å². The van der Waals surface area contributed by atoms with E-state index in [4.69, 9.17) is 16.2 Å². The average molecular weight is 271 g/mol. The lowest BCUT2D eigenvalue weighted by molar-refractivity contribution is 0.155. The number of hydrogen-bond donors (Lipinski definition) is 2. The van der Waals surface area contributed by atoms with Gasteiger partial charge in [-0.2, -0.15) is 0 Å². The van der Waals surface area contributed by atoms with Crippen molar-refractivity contribution in [3.8, 4) is 0 Å². The van der Waals surface area contributed by atoms with Crippen LogP contribution in [-0.4, -0.2) is 18.7 Å². The number of guanidine groups is 1. The number of carbonyl (C=O) groups is 1. The summed E-state index contributed by atoms with van der Waals surface area (Å²) in [6.45, 7) is 2.63. The summed E-state index contributed by atoms with van der Waals surface area (Å²) in [5.74, 6) is -0.256. The number of aliphatic imine (C=N–C) groups is 1. The molecular formula is C14H29N3O2. The molecule has 0 spiro atoms. The van der Waals surface area contributed by atoms with Gasteiger partial charge in [-0.25, -0.2) is 4.79 Å². The van der Waals surface area contributed by atoms with Crippen LogP contribution >= 0.6 is 0 Å². The van der Waals surface area contributed by atoms with E-state index in [1.165, 1.54) is 51.4 Å². The number of ether oxygens (including phenoxy) is 1. The molecule has 0 heterocycles. The first-order valence-electron chi connectivity index (χ1n) is 7.43. The number of rotatable bonds is 11. The maximum Gasteiger partial charge on any atom is 0.436 e. The van der Waals surface area contributed by atoms with Gasteiger partial charge in [-0.15, -0.1) is 4.99 Å². The summed E-state index contributed by atoms with van der Waals surface area (Å²) in [4.78, 5) is 14.2. The van der Waals surface area contributed by atoms with Gasteiger partial charge in [-0.1, -0.05) is 64.7 Å². The minimum Gasteiger partial charge on any atom is -0.448 e. The van der Waals surface area contributed by atoms with Crippen LogP contribution in [0, 0.1) is 0 Å². The first kappa shape index (κ1) is 17.7. The normalized spacial score (nSPS) is 10.2. The lowest BCUT2D eigenvalue weighted by Gasteiger charge is -2.03. The van der Waals surface area contributed by atoms with Crippen molar-refractivity contribution >= 4 is 12.1 Å². The number of nitrogens with zero attached hydrogens (tertiary/aromatic N) is 1. The van der Waals surface area contributed by atoms with E-state index in [2.05, 4.69) is 11.9 Å². The molecule has 0 saturated carbocycles. The van der Waals surface area contributed by atoms with Crippen LogP contribution in [0.25, 0.3) is 0 Å². The molecular weight excluding hydrogens is 242 g/mol. The summed E-state index contributed by atoms with van der Waals surface area (Å²) < 4.78 is 4.84. The molecule has 0 rings (SSSR count). The van der Waals surface area contributed by atoms with E-state index in [0.717, 1.165) is 12.8 Å². The predicted molar refractivity (Wildman–Crippen MR) is 79.0 cm³/mol. The van der Waals surface area contributed by atoms with E-state index >= 15 is 0 Å². The Hall–Kier alpha value is -1.26. The molecule has 0 aliphatic rings. The van der Waals surface area contributed by atoms with E-state index in [0.29, 0.717) is 6.61 Å². The molecule has 1 amide bonds. The third-order valence-corrected chi connectivity index (χ3v) is 2.94. The topological polar surface area (TPSA) is 90.7 Å². The molecule has 0 radical (unpaired) electrons. The zero-order valence-electron chi connectivity index (χ0n) is 12.2. The van der Waals surface area contributed by atoms with Gasteiger partial charge >= 0.3 is 6.09 Å². The Labute approximate surface area is 116 Å². The lowest BCUT2D eigenvalue weighted by atomic mass is 10.1. The zero-order valence-corrected chi connectivity index (χ0v) is 12.2. The van der Waals surface area contributed by atoms with E-state index in [1.54, 1.807) is 0 Å². The lowest BCUT2D eigenvalue weighted by Crippen LogP contribution is -2.24. The summed E-state index contributed by atoms with van der Waals surface area (Å²) in [5.41, 5.74) is 10.1. The van der Waals surface area contributed by atoms with Crippen LogP contribution in [0.5, 0.6) is 0 Å². The molecule has 0 aliphatic heterocycles. The first-order valence-corrected chi connectivity index (χ1v) is 7.43. The van der Waals surface area contributed by atoms with Crippen LogP contribution in [0.1, 0.15) is 71.1 Å². The summed E-state index contributed by atoms with van der Waals surface area (Å²) in [6.07, 6.45) is 11.8. The minimum atomic E-state index is -0.698. The Morgan fingerprint density at radius 3 is 1.84 bits per heavy atom. The molecule has 4 N–H and O–H groups in total. The van der Waals surface area contributed by atoms with Crippen LogP contribution in [0.4, 0.5) is 4.79 Å². The van der Waals surface area contributed by atoms with Crippen molar-refractivity contribution < 1.29 is 9.53 Å². The van der Waals surface area contributed by atoms with Gasteiger partial charge in [0.25, 0.3) is 0 Å². The second kappa shape index (κ2) is 13.2. The van der Waals surface area contributed by atoms with Crippen molar-refractivity contribution in [2.75, 3.05) is 6.61 Å². The number of unbranched alkanes of at least 4 members (excludes halogenated alkanes) is 9. The van der Waals surface area contributed by atoms with E-state index < -0.39 is 6.09 Å². The second-order valence-corrected chi connectivity index (χ2v) is 4.83. The van der Waals surface area contributed by atoms with Crippen molar-refractivity contribution in [2.45, 2.75) is 71.1 Å². The Bertz CT molecular complexity index is 251. The highest BCUT2D eigenvalue weighted by molar-refractivity contribution is 5.87. The van der Waals surface area contributed by atoms with E-state index in [9.17, 15) is 4.79 Å². The molecule has 0 bridgehead atoms. The van der Waals surface area contributed by atoms with Gasteiger partial charge in [0.05, 0.1) is 6.61 Å². The molecule has 0 aromatic carbocycles. The van der Waals surface area contributed by atoms with Gasteiger partial charge in [-0.3, -0.25) is 0 Å². The van der Waals surface area contributed by atoms with Crippen molar-refractivity contribution in [1.82, 2.24) is 0 Å². The number of carbonyl (C=O) groups excluding carboxylic acids is 1. The van der Waals surface area contributed by atoms with Gasteiger partial charge in [0.1, 0.15) is 0 Å². The molecule has 112 valence electrons. The molecule has 0 unspecified atom stereocenters. The summed E-state index contributed by atoms with van der Waals surface area (Å²) in [5, 5.41) is 0. The molecule has 0 aromatic heterocycles. The Morgan fingerprint density at radius 2 is 1.37 bits per heavy atom. The fourth-order valence-corrected chi connectivity index (χ4v) is 1.89.